The van der Waals surface area contributed by atoms with Gasteiger partial charge in [0.05, 0.1) is 23.6 Å². The SMILES string of the molecule is COC(=O)c1occc1CN1CCN(c2nc3ccccc3s2)CC1. The second kappa shape index (κ2) is 6.85. The summed E-state index contributed by atoms with van der Waals surface area (Å²) in [6.07, 6.45) is 1.54. The van der Waals surface area contributed by atoms with Gasteiger partial charge in [0, 0.05) is 38.3 Å². The maximum absolute atomic E-state index is 11.7. The molecule has 3 heterocycles. The maximum Gasteiger partial charge on any atom is 0.374 e. The number of hydrogen-bond donors (Lipinski definition) is 0. The Kier molecular flexibility index (Phi) is 4.42. The first-order valence-electron chi connectivity index (χ1n) is 8.22. The molecule has 7 heteroatoms. The van der Waals surface area contributed by atoms with E-state index in [0.29, 0.717) is 12.3 Å². The zero-order chi connectivity index (χ0) is 17.2. The van der Waals surface area contributed by atoms with Gasteiger partial charge in [-0.15, -0.1) is 0 Å². The molecule has 25 heavy (non-hydrogen) atoms. The number of esters is 1. The van der Waals surface area contributed by atoms with E-state index in [0.717, 1.165) is 42.4 Å². The molecule has 0 N–H and O–H groups in total. The van der Waals surface area contributed by atoms with Crippen molar-refractivity contribution in [3.05, 3.63) is 47.9 Å². The topological polar surface area (TPSA) is 58.8 Å². The molecule has 0 spiro atoms. The molecule has 0 amide bonds. The number of hydrogen-bond acceptors (Lipinski definition) is 7. The van der Waals surface area contributed by atoms with Crippen molar-refractivity contribution in [2.24, 2.45) is 0 Å². The standard InChI is InChI=1S/C18H19N3O3S/c1-23-17(22)16-13(6-11-24-16)12-20-7-9-21(10-8-20)18-19-14-4-2-3-5-15(14)25-18/h2-6,11H,7-10,12H2,1H3. The quantitative estimate of drug-likeness (QED) is 0.669. The van der Waals surface area contributed by atoms with Crippen molar-refractivity contribution in [2.75, 3.05) is 38.2 Å². The van der Waals surface area contributed by atoms with Crippen molar-refractivity contribution >= 4 is 32.7 Å². The van der Waals surface area contributed by atoms with Crippen LogP contribution in [0.5, 0.6) is 0 Å². The summed E-state index contributed by atoms with van der Waals surface area (Å²) in [4.78, 5) is 21.1. The summed E-state index contributed by atoms with van der Waals surface area (Å²) in [5.74, 6) is -0.121. The lowest BCUT2D eigenvalue weighted by molar-refractivity contribution is 0.0561. The number of aromatic nitrogens is 1. The molecule has 1 aromatic carbocycles. The number of fused-ring (bicyclic) bond motifs is 1. The lowest BCUT2D eigenvalue weighted by Gasteiger charge is -2.34. The molecule has 0 unspecified atom stereocenters. The molecular formula is C18H19N3O3S. The molecule has 0 bridgehead atoms. The number of rotatable bonds is 4. The second-order valence-corrected chi connectivity index (χ2v) is 7.00. The van der Waals surface area contributed by atoms with Crippen molar-refractivity contribution in [3.8, 4) is 0 Å². The van der Waals surface area contributed by atoms with Crippen molar-refractivity contribution < 1.29 is 13.9 Å². The predicted molar refractivity (Wildman–Crippen MR) is 97.2 cm³/mol. The maximum atomic E-state index is 11.7. The smallest absolute Gasteiger partial charge is 0.374 e. The van der Waals surface area contributed by atoms with Crippen LogP contribution in [0, 0.1) is 0 Å². The highest BCUT2D eigenvalue weighted by molar-refractivity contribution is 7.22. The van der Waals surface area contributed by atoms with Crippen LogP contribution in [0.4, 0.5) is 5.13 Å². The number of para-hydroxylation sites is 1. The zero-order valence-corrected chi connectivity index (χ0v) is 14.8. The molecule has 1 aliphatic heterocycles. The van der Waals surface area contributed by atoms with E-state index in [9.17, 15) is 4.79 Å². The first-order valence-corrected chi connectivity index (χ1v) is 9.04. The van der Waals surface area contributed by atoms with Crippen molar-refractivity contribution in [3.63, 3.8) is 0 Å². The minimum absolute atomic E-state index is 0.302. The van der Waals surface area contributed by atoms with E-state index in [2.05, 4.69) is 21.9 Å². The van der Waals surface area contributed by atoms with Crippen molar-refractivity contribution in [2.45, 2.75) is 6.54 Å². The highest BCUT2D eigenvalue weighted by Gasteiger charge is 2.23. The molecule has 0 atom stereocenters. The number of benzene rings is 1. The van der Waals surface area contributed by atoms with Gasteiger partial charge in [-0.3, -0.25) is 4.90 Å². The zero-order valence-electron chi connectivity index (χ0n) is 14.0. The lowest BCUT2D eigenvalue weighted by Crippen LogP contribution is -2.46. The molecule has 0 saturated carbocycles. The minimum atomic E-state index is -0.423. The highest BCUT2D eigenvalue weighted by atomic mass is 32.1. The number of carbonyl (C=O) groups is 1. The largest absolute Gasteiger partial charge is 0.463 e. The molecule has 1 aliphatic rings. The van der Waals surface area contributed by atoms with Gasteiger partial charge < -0.3 is 14.1 Å². The van der Waals surface area contributed by atoms with Crippen molar-refractivity contribution in [1.29, 1.82) is 0 Å². The Morgan fingerprint density at radius 2 is 2.04 bits per heavy atom. The fraction of sp³-hybridized carbons (Fsp3) is 0.333. The van der Waals surface area contributed by atoms with Gasteiger partial charge in [-0.05, 0) is 18.2 Å². The molecule has 0 aliphatic carbocycles. The van der Waals surface area contributed by atoms with Gasteiger partial charge in [-0.25, -0.2) is 9.78 Å². The van der Waals surface area contributed by atoms with Gasteiger partial charge in [0.15, 0.2) is 5.13 Å². The van der Waals surface area contributed by atoms with Gasteiger partial charge in [0.2, 0.25) is 5.76 Å². The Bertz CT molecular complexity index is 847. The van der Waals surface area contributed by atoms with E-state index >= 15 is 0 Å². The molecule has 4 rings (SSSR count). The van der Waals surface area contributed by atoms with Crippen LogP contribution < -0.4 is 4.90 Å². The predicted octanol–water partition coefficient (Wildman–Crippen LogP) is 3.00. The molecular weight excluding hydrogens is 338 g/mol. The number of carbonyl (C=O) groups excluding carboxylic acids is 1. The Morgan fingerprint density at radius 1 is 1.24 bits per heavy atom. The average molecular weight is 357 g/mol. The van der Waals surface area contributed by atoms with Crippen LogP contribution in [0.3, 0.4) is 0 Å². The van der Waals surface area contributed by atoms with Crippen molar-refractivity contribution in [1.82, 2.24) is 9.88 Å². The van der Waals surface area contributed by atoms with E-state index in [-0.39, 0.29) is 0 Å². The molecule has 6 nitrogen and oxygen atoms in total. The van der Waals surface area contributed by atoms with E-state index in [1.54, 1.807) is 17.6 Å². The molecule has 3 aromatic rings. The summed E-state index contributed by atoms with van der Waals surface area (Å²) >= 11 is 1.74. The summed E-state index contributed by atoms with van der Waals surface area (Å²) < 4.78 is 11.2. The number of nitrogens with zero attached hydrogens (tertiary/aromatic N) is 3. The summed E-state index contributed by atoms with van der Waals surface area (Å²) in [7, 11) is 1.37. The third-order valence-corrected chi connectivity index (χ3v) is 5.53. The van der Waals surface area contributed by atoms with Gasteiger partial charge >= 0.3 is 5.97 Å². The number of ether oxygens (including phenoxy) is 1. The van der Waals surface area contributed by atoms with E-state index in [1.165, 1.54) is 11.8 Å². The average Bonchev–Trinajstić information content (AvgIpc) is 3.28. The van der Waals surface area contributed by atoms with Crippen LogP contribution in [0.25, 0.3) is 10.2 Å². The van der Waals surface area contributed by atoms with Crippen LogP contribution in [0.2, 0.25) is 0 Å². The second-order valence-electron chi connectivity index (χ2n) is 5.99. The first kappa shape index (κ1) is 16.1. The van der Waals surface area contributed by atoms with E-state index in [4.69, 9.17) is 14.1 Å². The van der Waals surface area contributed by atoms with Crippen LogP contribution in [0.15, 0.2) is 41.0 Å². The normalized spacial score (nSPS) is 15.6. The van der Waals surface area contributed by atoms with E-state index in [1.807, 2.05) is 18.2 Å². The van der Waals surface area contributed by atoms with Crippen LogP contribution in [-0.4, -0.2) is 49.1 Å². The molecule has 0 radical (unpaired) electrons. The van der Waals surface area contributed by atoms with Gasteiger partial charge in [-0.1, -0.05) is 23.5 Å². The monoisotopic (exact) mass is 357 g/mol. The fourth-order valence-corrected chi connectivity index (χ4v) is 4.08. The van der Waals surface area contributed by atoms with Crippen LogP contribution in [-0.2, 0) is 11.3 Å². The Balaban J connectivity index is 1.40. The van der Waals surface area contributed by atoms with Crippen LogP contribution in [0.1, 0.15) is 16.1 Å². The summed E-state index contributed by atoms with van der Waals surface area (Å²) in [6.45, 7) is 4.37. The fourth-order valence-electron chi connectivity index (χ4n) is 3.07. The Labute approximate surface area is 149 Å². The van der Waals surface area contributed by atoms with Gasteiger partial charge in [0.25, 0.3) is 0 Å². The molecule has 1 saturated heterocycles. The highest BCUT2D eigenvalue weighted by Crippen LogP contribution is 2.29. The van der Waals surface area contributed by atoms with E-state index < -0.39 is 5.97 Å². The minimum Gasteiger partial charge on any atom is -0.463 e. The number of piperazine rings is 1. The Hall–Kier alpha value is -2.38. The molecule has 130 valence electrons. The van der Waals surface area contributed by atoms with Gasteiger partial charge in [0.1, 0.15) is 0 Å². The number of anilines is 1. The Morgan fingerprint density at radius 3 is 2.80 bits per heavy atom. The lowest BCUT2D eigenvalue weighted by atomic mass is 10.2. The molecule has 1 fully saturated rings. The number of furan rings is 1. The number of methoxy groups -OCH3 is 1. The number of thiazole rings is 1. The third kappa shape index (κ3) is 3.25. The first-order chi connectivity index (χ1) is 12.2. The molecule has 2 aromatic heterocycles. The summed E-state index contributed by atoms with van der Waals surface area (Å²) in [5.41, 5.74) is 1.94. The summed E-state index contributed by atoms with van der Waals surface area (Å²) in [5, 5.41) is 1.08. The van der Waals surface area contributed by atoms with Crippen LogP contribution >= 0.6 is 11.3 Å². The summed E-state index contributed by atoms with van der Waals surface area (Å²) in [6, 6.07) is 10.1. The third-order valence-electron chi connectivity index (χ3n) is 4.44. The van der Waals surface area contributed by atoms with Gasteiger partial charge in [-0.2, -0.15) is 0 Å².